The van der Waals surface area contributed by atoms with Crippen LogP contribution in [0.1, 0.15) is 12.5 Å². The molecule has 0 aliphatic rings. The van der Waals surface area contributed by atoms with Crippen molar-refractivity contribution in [1.29, 1.82) is 0 Å². The molecule has 2 heterocycles. The maximum atomic E-state index is 11.7. The summed E-state index contributed by atoms with van der Waals surface area (Å²) in [5.41, 5.74) is 9.74. The number of carbonyl (C=O) groups excluding carboxylic acids is 1. The molecule has 1 amide bonds. The number of halogens is 1. The maximum Gasteiger partial charge on any atom is 0.247 e. The fraction of sp³-hybridized carbons (Fsp3) is 0.192. The number of aromatic nitrogens is 3. The van der Waals surface area contributed by atoms with Gasteiger partial charge in [0.1, 0.15) is 10.8 Å². The number of anilines is 4. The van der Waals surface area contributed by atoms with Crippen molar-refractivity contribution in [3.8, 4) is 11.6 Å². The zero-order valence-corrected chi connectivity index (χ0v) is 22.2. The lowest BCUT2D eigenvalue weighted by atomic mass is 10.2. The molecular weight excluding hydrogens is 496 g/mol. The SMILES string of the molecule is C=CC(=O)Nc1ccc2c(c1)c(C)cn2-c1nc(Nc2ccc(N)cc2OCC)ncc1Cl.CSC. The van der Waals surface area contributed by atoms with Crippen molar-refractivity contribution >= 4 is 63.2 Å². The number of hydrogen-bond donors (Lipinski definition) is 3. The van der Waals surface area contributed by atoms with E-state index >= 15 is 0 Å². The minimum atomic E-state index is -0.268. The summed E-state index contributed by atoms with van der Waals surface area (Å²) in [7, 11) is 0. The Bertz CT molecular complexity index is 1390. The molecule has 0 radical (unpaired) electrons. The molecule has 0 unspecified atom stereocenters. The standard InChI is InChI=1S/C24H23ClN6O2.C2H6S/c1-4-22(32)28-16-7-9-20-17(11-16)14(3)13-31(20)23-18(25)12-27-24(30-23)29-19-8-6-15(26)10-21(19)33-5-2;1-3-2/h4,6-13H,1,5,26H2,2-3H3,(H,28,32)(H,27,29,30);1-2H3. The summed E-state index contributed by atoms with van der Waals surface area (Å²) in [6.45, 7) is 7.86. The summed E-state index contributed by atoms with van der Waals surface area (Å²) in [6, 6.07) is 10.9. The monoisotopic (exact) mass is 524 g/mol. The Kier molecular flexibility index (Phi) is 9.21. The molecule has 4 aromatic rings. The third kappa shape index (κ3) is 6.30. The quantitative estimate of drug-likeness (QED) is 0.195. The molecule has 188 valence electrons. The molecule has 4 N–H and O–H groups in total. The largest absolute Gasteiger partial charge is 0.492 e. The zero-order valence-electron chi connectivity index (χ0n) is 20.6. The van der Waals surface area contributed by atoms with Gasteiger partial charge in [0.2, 0.25) is 11.9 Å². The zero-order chi connectivity index (χ0) is 26.2. The number of benzene rings is 2. The Balaban J connectivity index is 0.00000115. The summed E-state index contributed by atoms with van der Waals surface area (Å²) in [5.74, 6) is 1.21. The predicted molar refractivity (Wildman–Crippen MR) is 152 cm³/mol. The van der Waals surface area contributed by atoms with Crippen LogP contribution in [0, 0.1) is 6.92 Å². The van der Waals surface area contributed by atoms with E-state index in [0.29, 0.717) is 46.2 Å². The highest BCUT2D eigenvalue weighted by molar-refractivity contribution is 7.97. The van der Waals surface area contributed by atoms with Gasteiger partial charge in [0.25, 0.3) is 0 Å². The van der Waals surface area contributed by atoms with Crippen LogP contribution in [0.2, 0.25) is 5.02 Å². The van der Waals surface area contributed by atoms with E-state index in [2.05, 4.69) is 27.2 Å². The van der Waals surface area contributed by atoms with E-state index in [9.17, 15) is 4.79 Å². The average molecular weight is 525 g/mol. The Morgan fingerprint density at radius 2 is 2.03 bits per heavy atom. The van der Waals surface area contributed by atoms with Crippen molar-refractivity contribution in [2.24, 2.45) is 0 Å². The van der Waals surface area contributed by atoms with E-state index in [1.54, 1.807) is 30.1 Å². The Labute approximate surface area is 219 Å². The van der Waals surface area contributed by atoms with Gasteiger partial charge in [-0.1, -0.05) is 18.2 Å². The van der Waals surface area contributed by atoms with Gasteiger partial charge >= 0.3 is 0 Å². The topological polar surface area (TPSA) is 107 Å². The van der Waals surface area contributed by atoms with Gasteiger partial charge in [0, 0.05) is 29.0 Å². The molecule has 0 fully saturated rings. The van der Waals surface area contributed by atoms with Crippen molar-refractivity contribution < 1.29 is 9.53 Å². The molecule has 8 nitrogen and oxygen atoms in total. The molecule has 0 atom stereocenters. The number of nitrogen functional groups attached to an aromatic ring is 1. The molecular formula is C26H29ClN6O2S. The molecule has 0 saturated carbocycles. The van der Waals surface area contributed by atoms with Crippen LogP contribution in [-0.4, -0.2) is 39.6 Å². The predicted octanol–water partition coefficient (Wildman–Crippen LogP) is 6.21. The highest BCUT2D eigenvalue weighted by atomic mass is 35.5. The molecule has 0 aliphatic heterocycles. The summed E-state index contributed by atoms with van der Waals surface area (Å²) < 4.78 is 7.57. The number of aryl methyl sites for hydroxylation is 1. The number of ether oxygens (including phenoxy) is 1. The first-order valence-corrected chi connectivity index (χ1v) is 13.1. The first-order valence-electron chi connectivity index (χ1n) is 11.1. The minimum Gasteiger partial charge on any atom is -0.492 e. The normalized spacial score (nSPS) is 10.4. The number of nitrogens with one attached hydrogen (secondary N) is 2. The van der Waals surface area contributed by atoms with Gasteiger partial charge in [-0.3, -0.25) is 9.36 Å². The lowest BCUT2D eigenvalue weighted by molar-refractivity contribution is -0.111. The number of nitrogens with zero attached hydrogens (tertiary/aromatic N) is 3. The Morgan fingerprint density at radius 1 is 1.28 bits per heavy atom. The van der Waals surface area contributed by atoms with Gasteiger partial charge in [-0.25, -0.2) is 4.98 Å². The third-order valence-corrected chi connectivity index (χ3v) is 5.23. The van der Waals surface area contributed by atoms with E-state index in [1.165, 1.54) is 6.08 Å². The van der Waals surface area contributed by atoms with Crippen LogP contribution >= 0.6 is 23.4 Å². The van der Waals surface area contributed by atoms with Gasteiger partial charge in [-0.2, -0.15) is 16.7 Å². The number of amides is 1. The number of nitrogens with two attached hydrogens (primary N) is 1. The average Bonchev–Trinajstić information content (AvgIpc) is 3.18. The Morgan fingerprint density at radius 3 is 2.72 bits per heavy atom. The molecule has 2 aromatic carbocycles. The highest BCUT2D eigenvalue weighted by Crippen LogP contribution is 2.32. The number of thioether (sulfide) groups is 1. The van der Waals surface area contributed by atoms with Crippen LogP contribution in [0.3, 0.4) is 0 Å². The molecule has 10 heteroatoms. The highest BCUT2D eigenvalue weighted by Gasteiger charge is 2.15. The molecule has 4 rings (SSSR count). The second-order valence-electron chi connectivity index (χ2n) is 7.69. The van der Waals surface area contributed by atoms with E-state index in [4.69, 9.17) is 22.1 Å². The van der Waals surface area contributed by atoms with Crippen LogP contribution < -0.4 is 21.1 Å². The summed E-state index contributed by atoms with van der Waals surface area (Å²) in [6.07, 6.45) is 8.80. The Hall–Kier alpha value is -3.69. The molecule has 2 aromatic heterocycles. The lowest BCUT2D eigenvalue weighted by Gasteiger charge is -2.13. The number of fused-ring (bicyclic) bond motifs is 1. The fourth-order valence-electron chi connectivity index (χ4n) is 3.47. The first kappa shape index (κ1) is 26.9. The fourth-order valence-corrected chi connectivity index (χ4v) is 3.65. The van der Waals surface area contributed by atoms with E-state index < -0.39 is 0 Å². The van der Waals surface area contributed by atoms with Gasteiger partial charge in [-0.05, 0) is 68.3 Å². The lowest BCUT2D eigenvalue weighted by Crippen LogP contribution is -2.07. The van der Waals surface area contributed by atoms with Gasteiger partial charge in [0.15, 0.2) is 5.82 Å². The second kappa shape index (κ2) is 12.3. The van der Waals surface area contributed by atoms with E-state index in [1.807, 2.05) is 61.4 Å². The molecule has 0 bridgehead atoms. The van der Waals surface area contributed by atoms with Crippen molar-refractivity contribution in [2.45, 2.75) is 13.8 Å². The van der Waals surface area contributed by atoms with E-state index in [0.717, 1.165) is 16.5 Å². The number of rotatable bonds is 7. The summed E-state index contributed by atoms with van der Waals surface area (Å²) in [5, 5.41) is 7.31. The van der Waals surface area contributed by atoms with Crippen LogP contribution in [0.5, 0.6) is 5.75 Å². The van der Waals surface area contributed by atoms with Crippen molar-refractivity contribution in [3.63, 3.8) is 0 Å². The number of hydrogen-bond acceptors (Lipinski definition) is 7. The van der Waals surface area contributed by atoms with Crippen molar-refractivity contribution in [1.82, 2.24) is 14.5 Å². The van der Waals surface area contributed by atoms with Crippen LogP contribution in [-0.2, 0) is 4.79 Å². The van der Waals surface area contributed by atoms with Crippen molar-refractivity contribution in [2.75, 3.05) is 35.5 Å². The van der Waals surface area contributed by atoms with Crippen LogP contribution in [0.15, 0.2) is 61.4 Å². The minimum absolute atomic E-state index is 0.268. The van der Waals surface area contributed by atoms with Crippen molar-refractivity contribution in [3.05, 3.63) is 72.0 Å². The van der Waals surface area contributed by atoms with Gasteiger partial charge in [-0.15, -0.1) is 0 Å². The van der Waals surface area contributed by atoms with Gasteiger partial charge < -0.3 is 21.1 Å². The number of carbonyl (C=O) groups is 1. The molecule has 0 saturated heterocycles. The van der Waals surface area contributed by atoms with Crippen LogP contribution in [0.25, 0.3) is 16.7 Å². The smallest absolute Gasteiger partial charge is 0.247 e. The second-order valence-corrected chi connectivity index (χ2v) is 8.92. The third-order valence-electron chi connectivity index (χ3n) is 4.96. The molecule has 0 aliphatic carbocycles. The molecule has 0 spiro atoms. The summed E-state index contributed by atoms with van der Waals surface area (Å²) in [4.78, 5) is 20.6. The van der Waals surface area contributed by atoms with Gasteiger partial charge in [0.05, 0.1) is 24.0 Å². The van der Waals surface area contributed by atoms with E-state index in [-0.39, 0.29) is 5.91 Å². The first-order chi connectivity index (χ1) is 17.3. The maximum absolute atomic E-state index is 11.7. The summed E-state index contributed by atoms with van der Waals surface area (Å²) >= 11 is 8.23. The van der Waals surface area contributed by atoms with Crippen LogP contribution in [0.4, 0.5) is 23.0 Å². The molecule has 36 heavy (non-hydrogen) atoms.